The van der Waals surface area contributed by atoms with Crippen LogP contribution in [-0.4, -0.2) is 43.4 Å². The lowest BCUT2D eigenvalue weighted by molar-refractivity contribution is 0.0595. The number of anilines is 1. The van der Waals surface area contributed by atoms with Gasteiger partial charge in [-0.2, -0.15) is 0 Å². The zero-order valence-electron chi connectivity index (χ0n) is 15.2. The Bertz CT molecular complexity index is 1100. The smallest absolute Gasteiger partial charge is 0.255 e. The Labute approximate surface area is 161 Å². The molecule has 0 aromatic carbocycles. The second kappa shape index (κ2) is 6.33. The summed E-state index contributed by atoms with van der Waals surface area (Å²) in [5.74, 6) is 0.810. The summed E-state index contributed by atoms with van der Waals surface area (Å²) in [4.78, 5) is 38.6. The van der Waals surface area contributed by atoms with Gasteiger partial charge >= 0.3 is 0 Å². The molecule has 3 N–H and O–H groups in total. The maximum absolute atomic E-state index is 12.8. The van der Waals surface area contributed by atoms with Gasteiger partial charge in [-0.25, -0.2) is 9.97 Å². The number of pyridine rings is 1. The van der Waals surface area contributed by atoms with Crippen molar-refractivity contribution < 1.29 is 4.79 Å². The Morgan fingerprint density at radius 2 is 2.07 bits per heavy atom. The Balaban J connectivity index is 1.51. The molecule has 3 aromatic rings. The first-order valence-electron chi connectivity index (χ1n) is 9.33. The first-order chi connectivity index (χ1) is 13.6. The van der Waals surface area contributed by atoms with Crippen molar-refractivity contribution in [3.63, 3.8) is 0 Å². The molecule has 1 fully saturated rings. The van der Waals surface area contributed by atoms with Gasteiger partial charge < -0.3 is 20.2 Å². The lowest BCUT2D eigenvalue weighted by Crippen LogP contribution is -2.49. The second-order valence-corrected chi connectivity index (χ2v) is 7.55. The SMILES string of the molecule is Nc1cc(-c2cc3n(c(=O)c2)C[C@H]2C[C@@H]3CN(C(=O)c3cc[nH]c3)C2)ncn1. The highest BCUT2D eigenvalue weighted by Crippen LogP contribution is 2.36. The van der Waals surface area contributed by atoms with Crippen molar-refractivity contribution >= 4 is 11.7 Å². The summed E-state index contributed by atoms with van der Waals surface area (Å²) < 4.78 is 1.85. The molecule has 0 spiro atoms. The van der Waals surface area contributed by atoms with E-state index in [9.17, 15) is 9.59 Å². The normalized spacial score (nSPS) is 20.6. The van der Waals surface area contributed by atoms with Crippen molar-refractivity contribution in [3.8, 4) is 11.3 Å². The van der Waals surface area contributed by atoms with Crippen LogP contribution >= 0.6 is 0 Å². The van der Waals surface area contributed by atoms with Gasteiger partial charge in [-0.05, 0) is 24.5 Å². The van der Waals surface area contributed by atoms with E-state index in [1.165, 1.54) is 6.33 Å². The number of likely N-dealkylation sites (tertiary alicyclic amines) is 1. The molecule has 8 nitrogen and oxygen atoms in total. The fraction of sp³-hybridized carbons (Fsp3) is 0.300. The van der Waals surface area contributed by atoms with E-state index in [4.69, 9.17) is 5.73 Å². The molecule has 0 saturated carbocycles. The maximum Gasteiger partial charge on any atom is 0.255 e. The summed E-state index contributed by atoms with van der Waals surface area (Å²) in [6.45, 7) is 1.92. The fourth-order valence-corrected chi connectivity index (χ4v) is 4.44. The Kier molecular flexibility index (Phi) is 3.78. The molecule has 142 valence electrons. The largest absolute Gasteiger partial charge is 0.384 e. The van der Waals surface area contributed by atoms with E-state index in [1.807, 2.05) is 15.5 Å². The van der Waals surface area contributed by atoms with Crippen molar-refractivity contribution in [1.82, 2.24) is 24.4 Å². The summed E-state index contributed by atoms with van der Waals surface area (Å²) >= 11 is 0. The molecule has 5 rings (SSSR count). The van der Waals surface area contributed by atoms with E-state index in [1.54, 1.807) is 30.6 Å². The van der Waals surface area contributed by atoms with Crippen molar-refractivity contribution in [1.29, 1.82) is 0 Å². The van der Waals surface area contributed by atoms with Crippen molar-refractivity contribution in [3.05, 3.63) is 64.6 Å². The van der Waals surface area contributed by atoms with Crippen LogP contribution in [0.25, 0.3) is 11.3 Å². The van der Waals surface area contributed by atoms with Crippen molar-refractivity contribution in [2.75, 3.05) is 18.8 Å². The minimum Gasteiger partial charge on any atom is -0.384 e. The maximum atomic E-state index is 12.8. The number of aromatic nitrogens is 4. The number of nitrogens with two attached hydrogens (primary N) is 1. The van der Waals surface area contributed by atoms with Gasteiger partial charge in [0.25, 0.3) is 11.5 Å². The van der Waals surface area contributed by atoms with Crippen LogP contribution in [-0.2, 0) is 6.54 Å². The van der Waals surface area contributed by atoms with Crippen molar-refractivity contribution in [2.24, 2.45) is 5.92 Å². The average molecular weight is 376 g/mol. The molecule has 3 aromatic heterocycles. The highest BCUT2D eigenvalue weighted by molar-refractivity contribution is 5.94. The van der Waals surface area contributed by atoms with Crippen LogP contribution in [0.4, 0.5) is 5.82 Å². The first kappa shape index (κ1) is 16.7. The third kappa shape index (κ3) is 2.77. The van der Waals surface area contributed by atoms with Gasteiger partial charge in [0.1, 0.15) is 12.1 Å². The Morgan fingerprint density at radius 3 is 2.86 bits per heavy atom. The number of hydrogen-bond donors (Lipinski definition) is 2. The van der Waals surface area contributed by atoms with Crippen LogP contribution in [0, 0.1) is 5.92 Å². The Hall–Kier alpha value is -3.42. The number of carbonyl (C=O) groups excluding carboxylic acids is 1. The van der Waals surface area contributed by atoms with Gasteiger partial charge in [-0.3, -0.25) is 9.59 Å². The monoisotopic (exact) mass is 376 g/mol. The fourth-order valence-electron chi connectivity index (χ4n) is 4.44. The highest BCUT2D eigenvalue weighted by atomic mass is 16.2. The number of H-pyrrole nitrogens is 1. The standard InChI is InChI=1S/C20H20N6O2/c21-18-6-16(23-11-24-18)14-4-17-15-3-12(9-26(17)19(27)5-14)8-25(10-15)20(28)13-1-2-22-7-13/h1-2,4-7,11-12,15,22H,3,8-10H2,(H2,21,23,24)/t12-,15+/m0/s1. The first-order valence-corrected chi connectivity index (χ1v) is 9.33. The third-order valence-corrected chi connectivity index (χ3v) is 5.67. The third-order valence-electron chi connectivity index (χ3n) is 5.67. The lowest BCUT2D eigenvalue weighted by atomic mass is 9.82. The van der Waals surface area contributed by atoms with E-state index >= 15 is 0 Å². The second-order valence-electron chi connectivity index (χ2n) is 7.55. The van der Waals surface area contributed by atoms with Crippen LogP contribution in [0.3, 0.4) is 0 Å². The van der Waals surface area contributed by atoms with Gasteiger partial charge in [0.15, 0.2) is 0 Å². The van der Waals surface area contributed by atoms with Crippen molar-refractivity contribution in [2.45, 2.75) is 18.9 Å². The van der Waals surface area contributed by atoms with Gasteiger partial charge in [-0.1, -0.05) is 0 Å². The number of nitrogens with one attached hydrogen (secondary N) is 1. The number of piperidine rings is 1. The molecule has 28 heavy (non-hydrogen) atoms. The van der Waals surface area contributed by atoms with E-state index in [2.05, 4.69) is 15.0 Å². The minimum absolute atomic E-state index is 0.0338. The van der Waals surface area contributed by atoms with E-state index < -0.39 is 0 Å². The van der Waals surface area contributed by atoms with Crippen LogP contribution < -0.4 is 11.3 Å². The molecule has 0 aliphatic carbocycles. The van der Waals surface area contributed by atoms with Gasteiger partial charge in [-0.15, -0.1) is 0 Å². The predicted octanol–water partition coefficient (Wildman–Crippen LogP) is 1.48. The van der Waals surface area contributed by atoms with E-state index in [-0.39, 0.29) is 23.3 Å². The summed E-state index contributed by atoms with van der Waals surface area (Å²) in [5, 5.41) is 0. The van der Waals surface area contributed by atoms with Gasteiger partial charge in [0.2, 0.25) is 0 Å². The molecular formula is C20H20N6O2. The summed E-state index contributed by atoms with van der Waals surface area (Å²) in [5.41, 5.74) is 8.73. The molecule has 2 aliphatic heterocycles. The number of fused-ring (bicyclic) bond motifs is 4. The number of aromatic amines is 1. The molecule has 0 radical (unpaired) electrons. The van der Waals surface area contributed by atoms with Gasteiger partial charge in [0.05, 0.1) is 11.3 Å². The minimum atomic E-state index is -0.0372. The average Bonchev–Trinajstić information content (AvgIpc) is 3.23. The molecule has 1 amide bonds. The van der Waals surface area contributed by atoms with Crippen LogP contribution in [0.15, 0.2) is 47.8 Å². The molecular weight excluding hydrogens is 356 g/mol. The zero-order valence-corrected chi connectivity index (χ0v) is 15.2. The van der Waals surface area contributed by atoms with Crippen LogP contribution in [0.2, 0.25) is 0 Å². The lowest BCUT2D eigenvalue weighted by Gasteiger charge is -2.42. The molecule has 2 aliphatic rings. The summed E-state index contributed by atoms with van der Waals surface area (Å²) in [7, 11) is 0. The van der Waals surface area contributed by atoms with E-state index in [0.29, 0.717) is 36.7 Å². The number of amides is 1. The highest BCUT2D eigenvalue weighted by Gasteiger charge is 2.37. The van der Waals surface area contributed by atoms with Gasteiger partial charge in [0, 0.05) is 61.3 Å². The molecule has 8 heteroatoms. The van der Waals surface area contributed by atoms with Crippen LogP contribution in [0.1, 0.15) is 28.4 Å². The molecule has 0 unspecified atom stereocenters. The number of nitrogens with zero attached hydrogens (tertiary/aromatic N) is 4. The number of rotatable bonds is 2. The zero-order chi connectivity index (χ0) is 19.3. The van der Waals surface area contributed by atoms with E-state index in [0.717, 1.165) is 17.7 Å². The molecule has 2 atom stereocenters. The summed E-state index contributed by atoms with van der Waals surface area (Å²) in [6.07, 6.45) is 5.86. The molecule has 2 bridgehead atoms. The Morgan fingerprint density at radius 1 is 1.18 bits per heavy atom. The quantitative estimate of drug-likeness (QED) is 0.704. The topological polar surface area (TPSA) is 110 Å². The predicted molar refractivity (Wildman–Crippen MR) is 104 cm³/mol. The summed E-state index contributed by atoms with van der Waals surface area (Å²) in [6, 6.07) is 7.08. The number of carbonyl (C=O) groups is 1. The van der Waals surface area contributed by atoms with Crippen LogP contribution in [0.5, 0.6) is 0 Å². The number of nitrogen functional groups attached to an aromatic ring is 1. The number of hydrogen-bond acceptors (Lipinski definition) is 5. The molecule has 1 saturated heterocycles. The molecule has 5 heterocycles.